The van der Waals surface area contributed by atoms with E-state index in [1.807, 2.05) is 24.5 Å². The smallest absolute Gasteiger partial charge is 0.237 e. The molecule has 36 heavy (non-hydrogen) atoms. The number of fused-ring (bicyclic) bond motifs is 3. The molecule has 0 spiro atoms. The zero-order chi connectivity index (χ0) is 25.1. The third-order valence-corrected chi connectivity index (χ3v) is 7.62. The van der Waals surface area contributed by atoms with E-state index in [1.165, 1.54) is 34.4 Å². The van der Waals surface area contributed by atoms with Gasteiger partial charge in [0.05, 0.1) is 24.4 Å². The summed E-state index contributed by atoms with van der Waals surface area (Å²) in [5.41, 5.74) is 8.72. The molecule has 3 aliphatic rings. The van der Waals surface area contributed by atoms with Gasteiger partial charge in [0.2, 0.25) is 5.91 Å². The number of carbonyl (C=O) groups excluding carboxylic acids is 1. The summed E-state index contributed by atoms with van der Waals surface area (Å²) in [6, 6.07) is 14.6. The van der Waals surface area contributed by atoms with Crippen LogP contribution in [0.15, 0.2) is 66.0 Å². The zero-order valence-corrected chi connectivity index (χ0v) is 21.2. The van der Waals surface area contributed by atoms with Gasteiger partial charge in [-0.15, -0.1) is 0 Å². The minimum absolute atomic E-state index is 0.0171. The van der Waals surface area contributed by atoms with E-state index in [0.717, 1.165) is 36.8 Å². The van der Waals surface area contributed by atoms with Crippen LogP contribution in [0, 0.1) is 5.82 Å². The first-order valence-corrected chi connectivity index (χ1v) is 13.2. The number of amidine groups is 1. The Balaban J connectivity index is 1.15. The number of hydrazone groups is 1. The molecule has 3 atom stereocenters. The molecule has 3 heterocycles. The lowest BCUT2D eigenvalue weighted by Gasteiger charge is -2.36. The Hall–Kier alpha value is -3.24. The van der Waals surface area contributed by atoms with E-state index < -0.39 is 0 Å². The normalized spacial score (nSPS) is 22.1. The van der Waals surface area contributed by atoms with Gasteiger partial charge in [-0.05, 0) is 54.8 Å². The van der Waals surface area contributed by atoms with Crippen molar-refractivity contribution < 1.29 is 13.9 Å². The second kappa shape index (κ2) is 10.8. The predicted molar refractivity (Wildman–Crippen MR) is 141 cm³/mol. The number of rotatable bonds is 8. The molecule has 10 heteroatoms. The number of thioether (sulfide) groups is 1. The van der Waals surface area contributed by atoms with Gasteiger partial charge in [0.1, 0.15) is 17.7 Å². The molecule has 1 saturated heterocycles. The van der Waals surface area contributed by atoms with E-state index in [0.29, 0.717) is 5.69 Å². The molecule has 2 N–H and O–H groups in total. The average Bonchev–Trinajstić information content (AvgIpc) is 3.52. The highest BCUT2D eigenvalue weighted by molar-refractivity contribution is 8.14. The average molecular weight is 511 g/mol. The van der Waals surface area contributed by atoms with Crippen molar-refractivity contribution >= 4 is 28.5 Å². The molecular formula is C26H31FN6O2S. The van der Waals surface area contributed by atoms with Gasteiger partial charge in [0, 0.05) is 25.1 Å². The number of benzene rings is 2. The number of amides is 1. The summed E-state index contributed by atoms with van der Waals surface area (Å²) < 4.78 is 19.0. The molecule has 0 bridgehead atoms. The molecule has 8 nitrogen and oxygen atoms in total. The number of unbranched alkanes of at least 4 members (excludes halogenated alkanes) is 1. The monoisotopic (exact) mass is 510 g/mol. The van der Waals surface area contributed by atoms with E-state index in [1.54, 1.807) is 19.2 Å². The van der Waals surface area contributed by atoms with E-state index >= 15 is 0 Å². The van der Waals surface area contributed by atoms with Crippen molar-refractivity contribution in [3.8, 4) is 5.75 Å². The number of hydrazine groups is 1. The molecule has 0 aromatic heterocycles. The van der Waals surface area contributed by atoms with Crippen molar-refractivity contribution in [1.29, 1.82) is 0 Å². The summed E-state index contributed by atoms with van der Waals surface area (Å²) in [5, 5.41) is 7.41. The van der Waals surface area contributed by atoms with Crippen molar-refractivity contribution in [1.82, 2.24) is 20.8 Å². The van der Waals surface area contributed by atoms with Gasteiger partial charge in [0.25, 0.3) is 0 Å². The molecule has 2 aromatic rings. The Labute approximate surface area is 215 Å². The van der Waals surface area contributed by atoms with Gasteiger partial charge in [-0.1, -0.05) is 37.2 Å². The SMILES string of the molecule is CCCCOc1ccc(C2CC3C4NN=C(SCC(=O)N(C)c5ccc(F)cc5)N4C=CN3N2)cc1. The van der Waals surface area contributed by atoms with Crippen LogP contribution in [0.5, 0.6) is 5.75 Å². The van der Waals surface area contributed by atoms with Crippen molar-refractivity contribution in [3.63, 3.8) is 0 Å². The highest BCUT2D eigenvalue weighted by Crippen LogP contribution is 2.35. The van der Waals surface area contributed by atoms with Crippen molar-refractivity contribution in [2.24, 2.45) is 5.10 Å². The van der Waals surface area contributed by atoms with E-state index in [-0.39, 0.29) is 35.7 Å². The number of ether oxygens (including phenoxy) is 1. The second-order valence-electron chi connectivity index (χ2n) is 9.05. The predicted octanol–water partition coefficient (Wildman–Crippen LogP) is 4.01. The highest BCUT2D eigenvalue weighted by atomic mass is 32.2. The molecule has 3 unspecified atom stereocenters. The summed E-state index contributed by atoms with van der Waals surface area (Å²) in [7, 11) is 1.69. The van der Waals surface area contributed by atoms with Crippen LogP contribution in [0.2, 0.25) is 0 Å². The van der Waals surface area contributed by atoms with Gasteiger partial charge in [-0.3, -0.25) is 10.2 Å². The van der Waals surface area contributed by atoms with Crippen LogP contribution in [0.25, 0.3) is 0 Å². The Kier molecular flexibility index (Phi) is 7.33. The molecule has 0 radical (unpaired) electrons. The Bertz CT molecular complexity index is 1130. The molecule has 3 aliphatic heterocycles. The minimum atomic E-state index is -0.325. The third kappa shape index (κ3) is 5.15. The number of nitrogens with one attached hydrogen (secondary N) is 2. The molecule has 2 aromatic carbocycles. The van der Waals surface area contributed by atoms with Crippen molar-refractivity contribution in [2.45, 2.75) is 44.4 Å². The number of nitrogens with zero attached hydrogens (tertiary/aromatic N) is 4. The van der Waals surface area contributed by atoms with Gasteiger partial charge >= 0.3 is 0 Å². The second-order valence-corrected chi connectivity index (χ2v) is 10.00. The first-order chi connectivity index (χ1) is 17.5. The number of carbonyl (C=O) groups is 1. The van der Waals surface area contributed by atoms with Gasteiger partial charge < -0.3 is 19.5 Å². The lowest BCUT2D eigenvalue weighted by Crippen LogP contribution is -2.54. The fraction of sp³-hybridized carbons (Fsp3) is 0.385. The lowest BCUT2D eigenvalue weighted by molar-refractivity contribution is -0.115. The summed E-state index contributed by atoms with van der Waals surface area (Å²) in [5.74, 6) is 0.730. The largest absolute Gasteiger partial charge is 0.494 e. The summed E-state index contributed by atoms with van der Waals surface area (Å²) in [4.78, 5) is 16.3. The van der Waals surface area contributed by atoms with Crippen LogP contribution >= 0.6 is 11.8 Å². The summed E-state index contributed by atoms with van der Waals surface area (Å²) in [6.45, 7) is 2.90. The van der Waals surface area contributed by atoms with Crippen molar-refractivity contribution in [3.05, 3.63) is 72.3 Å². The number of anilines is 1. The van der Waals surface area contributed by atoms with E-state index in [4.69, 9.17) is 4.74 Å². The summed E-state index contributed by atoms with van der Waals surface area (Å²) in [6.07, 6.45) is 7.08. The number of hydrogen-bond donors (Lipinski definition) is 2. The van der Waals surface area contributed by atoms with Gasteiger partial charge in [0.15, 0.2) is 5.17 Å². The maximum atomic E-state index is 13.2. The van der Waals surface area contributed by atoms with E-state index in [2.05, 4.69) is 44.9 Å². The molecule has 0 saturated carbocycles. The molecule has 1 amide bonds. The third-order valence-electron chi connectivity index (χ3n) is 6.67. The quantitative estimate of drug-likeness (QED) is 0.520. The minimum Gasteiger partial charge on any atom is -0.494 e. The molecule has 0 aliphatic carbocycles. The fourth-order valence-electron chi connectivity index (χ4n) is 4.53. The standard InChI is InChI=1S/C26H31FN6O2S/c1-3-4-15-35-21-11-5-18(6-12-21)22-16-23-25-28-29-26(32(25)13-14-33(23)30-22)36-17-24(34)31(2)20-9-7-19(27)8-10-20/h5-14,22-23,25,28,30H,3-4,15-17H2,1-2H3. The van der Waals surface area contributed by atoms with Crippen LogP contribution < -0.4 is 20.5 Å². The summed E-state index contributed by atoms with van der Waals surface area (Å²) >= 11 is 1.39. The Morgan fingerprint density at radius 2 is 1.97 bits per heavy atom. The van der Waals surface area contributed by atoms with Crippen molar-refractivity contribution in [2.75, 3.05) is 24.3 Å². The van der Waals surface area contributed by atoms with Gasteiger partial charge in [-0.2, -0.15) is 5.10 Å². The fourth-order valence-corrected chi connectivity index (χ4v) is 5.42. The Morgan fingerprint density at radius 1 is 1.19 bits per heavy atom. The first-order valence-electron chi connectivity index (χ1n) is 12.3. The molecular weight excluding hydrogens is 479 g/mol. The van der Waals surface area contributed by atoms with Crippen LogP contribution in [-0.2, 0) is 4.79 Å². The molecule has 1 fully saturated rings. The lowest BCUT2D eigenvalue weighted by atomic mass is 10.00. The maximum Gasteiger partial charge on any atom is 0.237 e. The van der Waals surface area contributed by atoms with Crippen LogP contribution in [0.1, 0.15) is 37.8 Å². The zero-order valence-electron chi connectivity index (χ0n) is 20.4. The Morgan fingerprint density at radius 3 is 2.72 bits per heavy atom. The highest BCUT2D eigenvalue weighted by Gasteiger charge is 2.44. The number of hydrogen-bond acceptors (Lipinski definition) is 8. The van der Waals surface area contributed by atoms with Crippen LogP contribution in [0.4, 0.5) is 10.1 Å². The van der Waals surface area contributed by atoms with Crippen LogP contribution in [0.3, 0.4) is 0 Å². The molecule has 190 valence electrons. The topological polar surface area (TPSA) is 72.4 Å². The maximum absolute atomic E-state index is 13.2. The van der Waals surface area contributed by atoms with Gasteiger partial charge in [-0.25, -0.2) is 9.82 Å². The van der Waals surface area contributed by atoms with Crippen LogP contribution in [-0.4, -0.2) is 52.6 Å². The number of halogens is 1. The first kappa shape index (κ1) is 24.5. The van der Waals surface area contributed by atoms with E-state index in [9.17, 15) is 9.18 Å². The molecule has 5 rings (SSSR count).